The van der Waals surface area contributed by atoms with Gasteiger partial charge in [0.05, 0.1) is 19.3 Å². The maximum absolute atomic E-state index is 10.2. The Morgan fingerprint density at radius 1 is 0.808 bits per heavy atom. The topological polar surface area (TPSA) is 57.2 Å². The van der Waals surface area contributed by atoms with Crippen molar-refractivity contribution in [1.29, 1.82) is 0 Å². The average Bonchev–Trinajstić information content (AvgIpc) is 2.67. The highest BCUT2D eigenvalue weighted by Crippen LogP contribution is 2.28. The molecule has 0 bridgehead atoms. The maximum atomic E-state index is 10.2. The van der Waals surface area contributed by atoms with Crippen LogP contribution in [0.25, 0.3) is 0 Å². The minimum atomic E-state index is -1.05. The molecule has 1 fully saturated rings. The highest BCUT2D eigenvalue weighted by molar-refractivity contribution is 5.14. The van der Waals surface area contributed by atoms with Crippen LogP contribution in [0.15, 0.2) is 60.7 Å². The van der Waals surface area contributed by atoms with Crippen molar-refractivity contribution in [1.82, 2.24) is 0 Å². The molecule has 0 spiro atoms. The second kappa shape index (κ2) is 9.26. The Balaban J connectivity index is 1.71. The third-order valence-electron chi connectivity index (χ3n) is 4.59. The van der Waals surface area contributed by atoms with E-state index in [4.69, 9.17) is 18.9 Å². The summed E-state index contributed by atoms with van der Waals surface area (Å²) >= 11 is 0. The molecule has 2 aromatic rings. The van der Waals surface area contributed by atoms with Crippen molar-refractivity contribution < 1.29 is 24.1 Å². The van der Waals surface area contributed by atoms with E-state index >= 15 is 0 Å². The zero-order chi connectivity index (χ0) is 18.4. The Hall–Kier alpha value is -1.76. The van der Waals surface area contributed by atoms with Gasteiger partial charge >= 0.3 is 0 Å². The molecule has 1 heterocycles. The van der Waals surface area contributed by atoms with Crippen LogP contribution in [-0.4, -0.2) is 42.9 Å². The highest BCUT2D eigenvalue weighted by atomic mass is 16.7. The first-order valence-electron chi connectivity index (χ1n) is 8.86. The van der Waals surface area contributed by atoms with E-state index in [2.05, 4.69) is 0 Å². The van der Waals surface area contributed by atoms with Crippen molar-refractivity contribution in [2.24, 2.45) is 0 Å². The minimum absolute atomic E-state index is 0.319. The van der Waals surface area contributed by atoms with Gasteiger partial charge in [0.25, 0.3) is 0 Å². The standard InChI is InChI=1S/C21H26O5/c1-15-18(24-13-16-9-5-3-6-10-16)19(20(23-2)21(22)26-15)25-14-17-11-7-4-8-12-17/h3-12,15,18-22H,13-14H2,1-2H3/t15-,18-,19+,20+,21+/m0/s1. The lowest BCUT2D eigenvalue weighted by molar-refractivity contribution is -0.302. The Morgan fingerprint density at radius 3 is 1.81 bits per heavy atom. The lowest BCUT2D eigenvalue weighted by atomic mass is 9.99. The van der Waals surface area contributed by atoms with Crippen molar-refractivity contribution in [2.75, 3.05) is 7.11 Å². The minimum Gasteiger partial charge on any atom is -0.373 e. The largest absolute Gasteiger partial charge is 0.373 e. The lowest BCUT2D eigenvalue weighted by Gasteiger charge is -2.43. The van der Waals surface area contributed by atoms with Gasteiger partial charge in [-0.2, -0.15) is 0 Å². The van der Waals surface area contributed by atoms with Gasteiger partial charge in [-0.3, -0.25) is 0 Å². The molecule has 0 radical (unpaired) electrons. The van der Waals surface area contributed by atoms with Crippen LogP contribution in [0.1, 0.15) is 18.1 Å². The molecular weight excluding hydrogens is 332 g/mol. The molecule has 0 unspecified atom stereocenters. The fourth-order valence-corrected chi connectivity index (χ4v) is 3.20. The Bertz CT molecular complexity index is 648. The second-order valence-electron chi connectivity index (χ2n) is 6.45. The molecule has 1 aliphatic rings. The first-order chi connectivity index (χ1) is 12.7. The van der Waals surface area contributed by atoms with Gasteiger partial charge in [-0.25, -0.2) is 0 Å². The van der Waals surface area contributed by atoms with Crippen LogP contribution in [0, 0.1) is 0 Å². The van der Waals surface area contributed by atoms with Gasteiger partial charge < -0.3 is 24.1 Å². The quantitative estimate of drug-likeness (QED) is 0.825. The van der Waals surface area contributed by atoms with E-state index in [1.807, 2.05) is 67.6 Å². The monoisotopic (exact) mass is 358 g/mol. The number of aliphatic hydroxyl groups excluding tert-OH is 1. The predicted molar refractivity (Wildman–Crippen MR) is 97.4 cm³/mol. The first-order valence-corrected chi connectivity index (χ1v) is 8.86. The molecule has 0 saturated carbocycles. The van der Waals surface area contributed by atoms with Gasteiger partial charge in [-0.1, -0.05) is 60.7 Å². The maximum Gasteiger partial charge on any atom is 0.184 e. The SMILES string of the molecule is CO[C@@H]1[C@H](OCc2ccccc2)[C@@H](OCc2ccccc2)[C@H](C)O[C@H]1O. The van der Waals surface area contributed by atoms with Gasteiger partial charge in [0, 0.05) is 7.11 Å². The highest BCUT2D eigenvalue weighted by Gasteiger charge is 2.45. The van der Waals surface area contributed by atoms with Crippen LogP contribution in [0.3, 0.4) is 0 Å². The third-order valence-corrected chi connectivity index (χ3v) is 4.59. The number of aliphatic hydroxyl groups is 1. The van der Waals surface area contributed by atoms with E-state index in [1.54, 1.807) is 7.11 Å². The van der Waals surface area contributed by atoms with Crippen LogP contribution < -0.4 is 0 Å². The van der Waals surface area contributed by atoms with Crippen LogP contribution in [0.4, 0.5) is 0 Å². The molecule has 5 nitrogen and oxygen atoms in total. The smallest absolute Gasteiger partial charge is 0.184 e. The summed E-state index contributed by atoms with van der Waals surface area (Å²) in [6.45, 7) is 2.73. The summed E-state index contributed by atoms with van der Waals surface area (Å²) in [5.74, 6) is 0. The van der Waals surface area contributed by atoms with E-state index in [9.17, 15) is 5.11 Å². The summed E-state index contributed by atoms with van der Waals surface area (Å²) in [4.78, 5) is 0. The molecule has 2 aromatic carbocycles. The van der Waals surface area contributed by atoms with Gasteiger partial charge in [0.1, 0.15) is 18.3 Å². The first kappa shape index (κ1) is 19.0. The number of ether oxygens (including phenoxy) is 4. The van der Waals surface area contributed by atoms with Crippen LogP contribution in [0.2, 0.25) is 0 Å². The molecular formula is C21H26O5. The summed E-state index contributed by atoms with van der Waals surface area (Å²) in [6, 6.07) is 19.9. The average molecular weight is 358 g/mol. The molecule has 0 aliphatic carbocycles. The molecule has 3 rings (SSSR count). The Morgan fingerprint density at radius 2 is 1.31 bits per heavy atom. The van der Waals surface area contributed by atoms with E-state index in [1.165, 1.54) is 0 Å². The van der Waals surface area contributed by atoms with E-state index in [0.717, 1.165) is 11.1 Å². The van der Waals surface area contributed by atoms with Crippen molar-refractivity contribution in [3.05, 3.63) is 71.8 Å². The molecule has 1 saturated heterocycles. The van der Waals surface area contributed by atoms with Crippen molar-refractivity contribution in [2.45, 2.75) is 50.8 Å². The molecule has 0 amide bonds. The summed E-state index contributed by atoms with van der Waals surface area (Å²) in [6.07, 6.45) is -2.78. The Kier molecular flexibility index (Phi) is 6.77. The van der Waals surface area contributed by atoms with Crippen molar-refractivity contribution in [3.8, 4) is 0 Å². The van der Waals surface area contributed by atoms with Crippen molar-refractivity contribution in [3.63, 3.8) is 0 Å². The number of methoxy groups -OCH3 is 1. The summed E-state index contributed by atoms with van der Waals surface area (Å²) in [5, 5.41) is 10.2. The van der Waals surface area contributed by atoms with E-state index in [-0.39, 0.29) is 12.2 Å². The van der Waals surface area contributed by atoms with Crippen LogP contribution in [0.5, 0.6) is 0 Å². The summed E-state index contributed by atoms with van der Waals surface area (Å²) in [5.41, 5.74) is 2.12. The fourth-order valence-electron chi connectivity index (χ4n) is 3.20. The third kappa shape index (κ3) is 4.69. The zero-order valence-corrected chi connectivity index (χ0v) is 15.2. The second-order valence-corrected chi connectivity index (χ2v) is 6.45. The van der Waals surface area contributed by atoms with Crippen LogP contribution >= 0.6 is 0 Å². The normalized spacial score (nSPS) is 28.8. The van der Waals surface area contributed by atoms with Gasteiger partial charge in [-0.05, 0) is 18.1 Å². The molecule has 1 N–H and O–H groups in total. The van der Waals surface area contributed by atoms with E-state index < -0.39 is 18.5 Å². The Labute approximate surface area is 154 Å². The summed E-state index contributed by atoms with van der Waals surface area (Å²) < 4.78 is 23.3. The molecule has 5 atom stereocenters. The number of hydrogen-bond donors (Lipinski definition) is 1. The number of benzene rings is 2. The number of rotatable bonds is 7. The van der Waals surface area contributed by atoms with Gasteiger partial charge in [0.15, 0.2) is 6.29 Å². The van der Waals surface area contributed by atoms with E-state index in [0.29, 0.717) is 13.2 Å². The predicted octanol–water partition coefficient (Wildman–Crippen LogP) is 2.91. The molecule has 26 heavy (non-hydrogen) atoms. The number of hydrogen-bond acceptors (Lipinski definition) is 5. The molecule has 0 aromatic heterocycles. The van der Waals surface area contributed by atoms with Gasteiger partial charge in [-0.15, -0.1) is 0 Å². The summed E-state index contributed by atoms with van der Waals surface area (Å²) in [7, 11) is 1.54. The van der Waals surface area contributed by atoms with Crippen molar-refractivity contribution >= 4 is 0 Å². The lowest BCUT2D eigenvalue weighted by Crippen LogP contribution is -2.59. The zero-order valence-electron chi connectivity index (χ0n) is 15.2. The van der Waals surface area contributed by atoms with Crippen LogP contribution in [-0.2, 0) is 32.2 Å². The molecule has 1 aliphatic heterocycles. The molecule has 140 valence electrons. The molecule has 5 heteroatoms. The van der Waals surface area contributed by atoms with Gasteiger partial charge in [0.2, 0.25) is 0 Å². The fraction of sp³-hybridized carbons (Fsp3) is 0.429.